The standard InChI is InChI=1S/C26H32FN3O2/c1-6-23(12-10-16-27)30(7-2)26(13-9-8-11-20(4)31)28-24-18-22(15-14-19(24)3)25-17-21(5)32-29-25/h6-7,10,14-18,23,31H,1-2,4,8-9,11-13H2,3,5H3/b16-10+,28-26?. The third kappa shape index (κ3) is 7.08. The van der Waals surface area contributed by atoms with E-state index in [1.807, 2.05) is 43.0 Å². The topological polar surface area (TPSA) is 61.9 Å². The third-order valence-electron chi connectivity index (χ3n) is 5.09. The van der Waals surface area contributed by atoms with E-state index in [4.69, 9.17) is 9.52 Å². The predicted molar refractivity (Wildman–Crippen MR) is 130 cm³/mol. The number of aliphatic imine (C=N–C) groups is 1. The first-order valence-corrected chi connectivity index (χ1v) is 10.7. The van der Waals surface area contributed by atoms with E-state index in [0.29, 0.717) is 25.6 Å². The second-order valence-corrected chi connectivity index (χ2v) is 7.62. The molecule has 5 nitrogen and oxygen atoms in total. The highest BCUT2D eigenvalue weighted by atomic mass is 19.1. The number of aryl methyl sites for hydroxylation is 2. The minimum absolute atomic E-state index is 0.174. The van der Waals surface area contributed by atoms with Crippen LogP contribution in [0.3, 0.4) is 0 Å². The van der Waals surface area contributed by atoms with Crippen LogP contribution in [-0.4, -0.2) is 27.0 Å². The molecule has 0 spiro atoms. The summed E-state index contributed by atoms with van der Waals surface area (Å²) in [6, 6.07) is 7.66. The largest absolute Gasteiger partial charge is 0.513 e. The Hall–Kier alpha value is -3.41. The molecule has 1 N–H and O–H groups in total. The Morgan fingerprint density at radius 2 is 2.00 bits per heavy atom. The molecule has 0 aliphatic heterocycles. The van der Waals surface area contributed by atoms with E-state index >= 15 is 0 Å². The summed E-state index contributed by atoms with van der Waals surface area (Å²) in [7, 11) is 0. The molecule has 1 aromatic heterocycles. The number of allylic oxidation sites excluding steroid dienone is 1. The van der Waals surface area contributed by atoms with Gasteiger partial charge >= 0.3 is 0 Å². The summed E-state index contributed by atoms with van der Waals surface area (Å²) in [4.78, 5) is 6.90. The minimum Gasteiger partial charge on any atom is -0.513 e. The summed E-state index contributed by atoms with van der Waals surface area (Å²) in [5.41, 5.74) is 3.48. The fourth-order valence-electron chi connectivity index (χ4n) is 3.33. The Morgan fingerprint density at radius 3 is 2.59 bits per heavy atom. The van der Waals surface area contributed by atoms with Gasteiger partial charge in [0, 0.05) is 24.5 Å². The van der Waals surface area contributed by atoms with Crippen LogP contribution in [-0.2, 0) is 0 Å². The van der Waals surface area contributed by atoms with Gasteiger partial charge in [0.2, 0.25) is 0 Å². The van der Waals surface area contributed by atoms with E-state index < -0.39 is 0 Å². The molecule has 1 atom stereocenters. The molecule has 0 radical (unpaired) electrons. The fourth-order valence-corrected chi connectivity index (χ4v) is 3.33. The Labute approximate surface area is 190 Å². The summed E-state index contributed by atoms with van der Waals surface area (Å²) in [6.07, 6.45) is 8.65. The van der Waals surface area contributed by atoms with Crippen molar-refractivity contribution in [2.45, 2.75) is 52.0 Å². The van der Waals surface area contributed by atoms with Crippen LogP contribution < -0.4 is 0 Å². The molecule has 0 fully saturated rings. The molecule has 1 unspecified atom stereocenters. The second-order valence-electron chi connectivity index (χ2n) is 7.62. The number of hydrogen-bond acceptors (Lipinski definition) is 4. The van der Waals surface area contributed by atoms with E-state index in [0.717, 1.165) is 46.9 Å². The maximum absolute atomic E-state index is 12.7. The zero-order valence-corrected chi connectivity index (χ0v) is 18.9. The normalized spacial score (nSPS) is 12.7. The predicted octanol–water partition coefficient (Wildman–Crippen LogP) is 7.49. The zero-order chi connectivity index (χ0) is 23.5. The molecule has 2 aromatic rings. The van der Waals surface area contributed by atoms with Gasteiger partial charge in [-0.1, -0.05) is 42.6 Å². The van der Waals surface area contributed by atoms with Crippen molar-refractivity contribution < 1.29 is 14.0 Å². The summed E-state index contributed by atoms with van der Waals surface area (Å²) in [6.45, 7) is 15.3. The minimum atomic E-state index is -0.187. The smallest absolute Gasteiger partial charge is 0.134 e. The van der Waals surface area contributed by atoms with Crippen molar-refractivity contribution >= 4 is 11.5 Å². The highest BCUT2D eigenvalue weighted by Gasteiger charge is 2.17. The maximum Gasteiger partial charge on any atom is 0.134 e. The third-order valence-corrected chi connectivity index (χ3v) is 5.09. The average Bonchev–Trinajstić information content (AvgIpc) is 3.21. The number of aromatic nitrogens is 1. The first-order chi connectivity index (χ1) is 15.4. The van der Waals surface area contributed by atoms with Crippen LogP contribution in [0.15, 0.2) is 84.0 Å². The summed E-state index contributed by atoms with van der Waals surface area (Å²) >= 11 is 0. The highest BCUT2D eigenvalue weighted by Crippen LogP contribution is 2.28. The number of amidine groups is 1. The molecule has 0 saturated heterocycles. The van der Waals surface area contributed by atoms with Crippen LogP contribution in [0.4, 0.5) is 10.1 Å². The van der Waals surface area contributed by atoms with Crippen LogP contribution in [0.2, 0.25) is 0 Å². The van der Waals surface area contributed by atoms with Gasteiger partial charge < -0.3 is 14.5 Å². The van der Waals surface area contributed by atoms with Gasteiger partial charge in [-0.2, -0.15) is 0 Å². The van der Waals surface area contributed by atoms with Crippen molar-refractivity contribution in [1.29, 1.82) is 0 Å². The Balaban J connectivity index is 2.43. The van der Waals surface area contributed by atoms with Crippen molar-refractivity contribution in [2.75, 3.05) is 0 Å². The van der Waals surface area contributed by atoms with Gasteiger partial charge in [0.15, 0.2) is 0 Å². The molecule has 0 aliphatic rings. The number of hydrogen-bond donors (Lipinski definition) is 1. The average molecular weight is 438 g/mol. The van der Waals surface area contributed by atoms with E-state index in [-0.39, 0.29) is 11.8 Å². The van der Waals surface area contributed by atoms with Crippen LogP contribution in [0, 0.1) is 13.8 Å². The molecule has 0 bridgehead atoms. The van der Waals surface area contributed by atoms with E-state index in [2.05, 4.69) is 24.9 Å². The van der Waals surface area contributed by atoms with Gasteiger partial charge in [-0.25, -0.2) is 9.38 Å². The Kier molecular flexibility index (Phi) is 9.67. The number of halogens is 1. The maximum atomic E-state index is 12.7. The molecule has 2 rings (SSSR count). The summed E-state index contributed by atoms with van der Waals surface area (Å²) in [5.74, 6) is 1.70. The van der Waals surface area contributed by atoms with E-state index in [1.165, 1.54) is 6.08 Å². The van der Waals surface area contributed by atoms with E-state index in [9.17, 15) is 9.50 Å². The molecule has 1 aromatic carbocycles. The number of aliphatic hydroxyl groups is 1. The van der Waals surface area contributed by atoms with Crippen molar-refractivity contribution in [1.82, 2.24) is 10.1 Å². The quantitative estimate of drug-likeness (QED) is 0.123. The molecule has 0 saturated carbocycles. The molecular weight excluding hydrogens is 405 g/mol. The molecule has 1 heterocycles. The van der Waals surface area contributed by atoms with Crippen molar-refractivity contribution in [3.05, 3.63) is 85.8 Å². The van der Waals surface area contributed by atoms with Gasteiger partial charge in [-0.15, -0.1) is 6.58 Å². The molecule has 0 aliphatic carbocycles. The fraction of sp³-hybridized carbons (Fsp3) is 0.308. The molecule has 170 valence electrons. The van der Waals surface area contributed by atoms with Crippen LogP contribution in [0.5, 0.6) is 0 Å². The van der Waals surface area contributed by atoms with Gasteiger partial charge in [-0.05, 0) is 50.9 Å². The second kappa shape index (κ2) is 12.4. The van der Waals surface area contributed by atoms with Crippen molar-refractivity contribution in [3.63, 3.8) is 0 Å². The molecule has 0 amide bonds. The molecular formula is C26H32FN3O2. The van der Waals surface area contributed by atoms with Gasteiger partial charge in [0.25, 0.3) is 0 Å². The SMILES string of the molecule is C=CC(C/C=C/F)N(C=C)C(CCCCC(=C)O)=Nc1cc(-c2cc(C)on2)ccc1C. The Morgan fingerprint density at radius 1 is 1.25 bits per heavy atom. The van der Waals surface area contributed by atoms with Crippen LogP contribution in [0.1, 0.15) is 43.4 Å². The lowest BCUT2D eigenvalue weighted by Gasteiger charge is -2.29. The lowest BCUT2D eigenvalue weighted by molar-refractivity contribution is 0.384. The summed E-state index contributed by atoms with van der Waals surface area (Å²) in [5, 5.41) is 13.5. The highest BCUT2D eigenvalue weighted by molar-refractivity contribution is 5.87. The number of benzene rings is 1. The monoisotopic (exact) mass is 437 g/mol. The van der Waals surface area contributed by atoms with Crippen molar-refractivity contribution in [2.24, 2.45) is 4.99 Å². The molecule has 32 heavy (non-hydrogen) atoms. The van der Waals surface area contributed by atoms with Gasteiger partial charge in [0.1, 0.15) is 17.3 Å². The van der Waals surface area contributed by atoms with Crippen molar-refractivity contribution in [3.8, 4) is 11.3 Å². The lowest BCUT2D eigenvalue weighted by Crippen LogP contribution is -2.34. The number of unbranched alkanes of at least 4 members (excludes halogenated alkanes) is 1. The van der Waals surface area contributed by atoms with Crippen LogP contribution >= 0.6 is 0 Å². The zero-order valence-electron chi connectivity index (χ0n) is 18.9. The number of rotatable bonds is 12. The first kappa shape index (κ1) is 24.9. The molecule has 6 heteroatoms. The summed E-state index contributed by atoms with van der Waals surface area (Å²) < 4.78 is 17.9. The van der Waals surface area contributed by atoms with E-state index in [1.54, 1.807) is 12.3 Å². The van der Waals surface area contributed by atoms with Gasteiger partial charge in [-0.3, -0.25) is 0 Å². The number of nitrogens with zero attached hydrogens (tertiary/aromatic N) is 3. The van der Waals surface area contributed by atoms with Gasteiger partial charge in [0.05, 0.1) is 23.8 Å². The Bertz CT molecular complexity index is 991. The number of aliphatic hydroxyl groups excluding tert-OH is 1. The first-order valence-electron chi connectivity index (χ1n) is 10.7. The lowest BCUT2D eigenvalue weighted by atomic mass is 10.1. The van der Waals surface area contributed by atoms with Crippen LogP contribution in [0.25, 0.3) is 11.3 Å².